The molecule has 1 aromatic rings. The number of hydrogen-bond donors (Lipinski definition) is 4. The fourth-order valence-corrected chi connectivity index (χ4v) is 8.54. The first-order chi connectivity index (χ1) is 18.5. The van der Waals surface area contributed by atoms with Crippen LogP contribution in [0.5, 0.6) is 5.75 Å². The van der Waals surface area contributed by atoms with Crippen molar-refractivity contribution in [3.8, 4) is 5.75 Å². The normalized spacial score (nSPS) is 33.5. The molecule has 1 aromatic carbocycles. The van der Waals surface area contributed by atoms with E-state index in [0.29, 0.717) is 17.5 Å². The minimum Gasteiger partial charge on any atom is -0.511 e. The SMILES string of the molecule is CC(=O)C1=C(O)C(C(C)C)[C@@]2(C)C[C@@]3(C)Cc4c(C(C)C)cc(C5C=CCC5)c(O)c4C(=O)C3=C(O)[C@@]2(O)C1=O. The van der Waals surface area contributed by atoms with Crippen LogP contribution in [0.4, 0.5) is 0 Å². The van der Waals surface area contributed by atoms with Gasteiger partial charge in [0.2, 0.25) is 5.78 Å². The number of benzene rings is 1. The number of hydrogen-bond acceptors (Lipinski definition) is 7. The molecule has 0 saturated heterocycles. The first-order valence-electron chi connectivity index (χ1n) is 14.3. The molecular weight excluding hydrogens is 508 g/mol. The topological polar surface area (TPSA) is 132 Å². The number of aliphatic hydroxyl groups is 3. The standard InChI is InChI=1S/C33H40O7/c1-15(2)19-12-20(18-10-8-9-11-18)26(35)23-21(19)13-31(6)14-32(7)24(16(3)4)27(36)22(17(5)34)29(38)33(32,40)30(39)25(31)28(23)37/h8,10,12,15-16,18,24,35-36,39-40H,9,11,13-14H2,1-7H3/t18?,24?,31-,32-,33+/m1/s1. The summed E-state index contributed by atoms with van der Waals surface area (Å²) in [5.41, 5.74) is -3.25. The van der Waals surface area contributed by atoms with Gasteiger partial charge in [0.1, 0.15) is 22.8 Å². The Bertz CT molecular complexity index is 1460. The molecule has 40 heavy (non-hydrogen) atoms. The van der Waals surface area contributed by atoms with Gasteiger partial charge in [0, 0.05) is 33.8 Å². The smallest absolute Gasteiger partial charge is 0.209 e. The summed E-state index contributed by atoms with van der Waals surface area (Å²) in [6, 6.07) is 2.00. The van der Waals surface area contributed by atoms with E-state index < -0.39 is 51.0 Å². The van der Waals surface area contributed by atoms with Crippen molar-refractivity contribution in [1.29, 1.82) is 0 Å². The maximum absolute atomic E-state index is 14.4. The fraction of sp³-hybridized carbons (Fsp3) is 0.545. The van der Waals surface area contributed by atoms with Crippen molar-refractivity contribution in [2.24, 2.45) is 22.7 Å². The van der Waals surface area contributed by atoms with Crippen molar-refractivity contribution in [1.82, 2.24) is 0 Å². The van der Waals surface area contributed by atoms with E-state index >= 15 is 0 Å². The molecule has 4 aliphatic rings. The third kappa shape index (κ3) is 3.42. The van der Waals surface area contributed by atoms with E-state index in [1.165, 1.54) is 0 Å². The summed E-state index contributed by atoms with van der Waals surface area (Å²) >= 11 is 0. The van der Waals surface area contributed by atoms with E-state index in [1.807, 2.05) is 46.8 Å². The molecule has 7 nitrogen and oxygen atoms in total. The molecule has 0 heterocycles. The van der Waals surface area contributed by atoms with Gasteiger partial charge in [0.15, 0.2) is 17.2 Å². The van der Waals surface area contributed by atoms with Gasteiger partial charge in [-0.1, -0.05) is 59.8 Å². The highest BCUT2D eigenvalue weighted by molar-refractivity contribution is 6.25. The number of aromatic hydroxyl groups is 1. The first kappa shape index (κ1) is 28.3. The van der Waals surface area contributed by atoms with Crippen molar-refractivity contribution in [3.63, 3.8) is 0 Å². The second-order valence-corrected chi connectivity index (χ2v) is 13.5. The van der Waals surface area contributed by atoms with Crippen LogP contribution in [0.3, 0.4) is 0 Å². The lowest BCUT2D eigenvalue weighted by atomic mass is 9.44. The van der Waals surface area contributed by atoms with Gasteiger partial charge in [-0.3, -0.25) is 14.4 Å². The number of ketones is 3. The maximum Gasteiger partial charge on any atom is 0.209 e. The van der Waals surface area contributed by atoms with Crippen molar-refractivity contribution in [2.75, 3.05) is 0 Å². The van der Waals surface area contributed by atoms with Gasteiger partial charge >= 0.3 is 0 Å². The number of fused-ring (bicyclic) bond motifs is 3. The van der Waals surface area contributed by atoms with Crippen LogP contribution in [-0.2, 0) is 16.0 Å². The Hall–Kier alpha value is -3.19. The first-order valence-corrected chi connectivity index (χ1v) is 14.3. The van der Waals surface area contributed by atoms with Crippen molar-refractivity contribution in [2.45, 2.75) is 91.6 Å². The summed E-state index contributed by atoms with van der Waals surface area (Å²) in [6.07, 6.45) is 6.17. The van der Waals surface area contributed by atoms with Crippen LogP contribution in [0, 0.1) is 22.7 Å². The highest BCUT2D eigenvalue weighted by atomic mass is 16.3. The minimum atomic E-state index is -2.60. The van der Waals surface area contributed by atoms with E-state index in [1.54, 1.807) is 6.92 Å². The Morgan fingerprint density at radius 3 is 2.25 bits per heavy atom. The molecule has 0 aromatic heterocycles. The second kappa shape index (κ2) is 8.90. The Balaban J connectivity index is 1.82. The zero-order valence-corrected chi connectivity index (χ0v) is 24.4. The van der Waals surface area contributed by atoms with Crippen molar-refractivity contribution >= 4 is 17.3 Å². The number of carbonyl (C=O) groups excluding carboxylic acids is 3. The van der Waals surface area contributed by atoms with Gasteiger partial charge in [-0.15, -0.1) is 0 Å². The van der Waals surface area contributed by atoms with E-state index in [4.69, 9.17) is 0 Å². The summed E-state index contributed by atoms with van der Waals surface area (Å²) in [4.78, 5) is 40.8. The van der Waals surface area contributed by atoms with Crippen molar-refractivity contribution < 1.29 is 34.8 Å². The molecule has 0 fully saturated rings. The summed E-state index contributed by atoms with van der Waals surface area (Å²) in [5.74, 6) is -4.84. The minimum absolute atomic E-state index is 0.0386. The lowest BCUT2D eigenvalue weighted by molar-refractivity contribution is -0.171. The van der Waals surface area contributed by atoms with E-state index in [2.05, 4.69) is 6.08 Å². The number of phenols is 1. The predicted octanol–water partition coefficient (Wildman–Crippen LogP) is 5.90. The van der Waals surface area contributed by atoms with Crippen LogP contribution in [0.1, 0.15) is 107 Å². The zero-order valence-electron chi connectivity index (χ0n) is 24.4. The third-order valence-electron chi connectivity index (χ3n) is 10.1. The number of aliphatic hydroxyl groups excluding tert-OH is 2. The highest BCUT2D eigenvalue weighted by Crippen LogP contribution is 2.65. The number of rotatable bonds is 4. The van der Waals surface area contributed by atoms with E-state index in [9.17, 15) is 34.8 Å². The maximum atomic E-state index is 14.4. The molecule has 0 amide bonds. The van der Waals surface area contributed by atoms with Crippen LogP contribution < -0.4 is 0 Å². The molecule has 0 bridgehead atoms. The summed E-state index contributed by atoms with van der Waals surface area (Å²) in [5, 5.41) is 46.9. The van der Waals surface area contributed by atoms with Gasteiger partial charge in [0.25, 0.3) is 0 Å². The lowest BCUT2D eigenvalue weighted by Crippen LogP contribution is -2.67. The Kier molecular flexibility index (Phi) is 6.31. The third-order valence-corrected chi connectivity index (χ3v) is 10.1. The Morgan fingerprint density at radius 1 is 1.07 bits per heavy atom. The molecule has 0 saturated carbocycles. The van der Waals surface area contributed by atoms with Crippen LogP contribution in [0.15, 0.2) is 40.9 Å². The van der Waals surface area contributed by atoms with Crippen LogP contribution >= 0.6 is 0 Å². The van der Waals surface area contributed by atoms with E-state index in [-0.39, 0.29) is 46.8 Å². The molecule has 7 heteroatoms. The molecule has 2 unspecified atom stereocenters. The van der Waals surface area contributed by atoms with Gasteiger partial charge in [-0.2, -0.15) is 0 Å². The molecule has 0 radical (unpaired) electrons. The molecule has 0 spiro atoms. The number of carbonyl (C=O) groups is 3. The molecule has 5 atom stereocenters. The van der Waals surface area contributed by atoms with Gasteiger partial charge in [-0.25, -0.2) is 0 Å². The van der Waals surface area contributed by atoms with Crippen LogP contribution in [-0.4, -0.2) is 43.4 Å². The molecule has 4 aliphatic carbocycles. The summed E-state index contributed by atoms with van der Waals surface area (Å²) < 4.78 is 0. The number of allylic oxidation sites excluding steroid dienone is 4. The van der Waals surface area contributed by atoms with Crippen molar-refractivity contribution in [3.05, 3.63) is 63.1 Å². The lowest BCUT2D eigenvalue weighted by Gasteiger charge is -2.59. The summed E-state index contributed by atoms with van der Waals surface area (Å²) in [6.45, 7) is 12.4. The Labute approximate surface area is 235 Å². The van der Waals surface area contributed by atoms with E-state index in [0.717, 1.165) is 25.3 Å². The fourth-order valence-electron chi connectivity index (χ4n) is 8.54. The number of phenolic OH excluding ortho intramolecular Hbond substituents is 1. The highest BCUT2D eigenvalue weighted by Gasteiger charge is 2.71. The summed E-state index contributed by atoms with van der Waals surface area (Å²) in [7, 11) is 0. The van der Waals surface area contributed by atoms with Crippen LogP contribution in [0.25, 0.3) is 0 Å². The van der Waals surface area contributed by atoms with Crippen LogP contribution in [0.2, 0.25) is 0 Å². The molecule has 0 aliphatic heterocycles. The monoisotopic (exact) mass is 548 g/mol. The average Bonchev–Trinajstić information content (AvgIpc) is 3.35. The predicted molar refractivity (Wildman–Crippen MR) is 150 cm³/mol. The quantitative estimate of drug-likeness (QED) is 0.272. The number of Topliss-reactive ketones (excluding diaryl/α,β-unsaturated/α-hetero) is 3. The molecule has 214 valence electrons. The molecule has 4 N–H and O–H groups in total. The second-order valence-electron chi connectivity index (χ2n) is 13.5. The molecular formula is C33H40O7. The largest absolute Gasteiger partial charge is 0.511 e. The van der Waals surface area contributed by atoms with Gasteiger partial charge in [-0.05, 0) is 55.6 Å². The zero-order chi connectivity index (χ0) is 29.7. The average molecular weight is 549 g/mol. The Morgan fingerprint density at radius 2 is 1.73 bits per heavy atom. The molecule has 5 rings (SSSR count). The van der Waals surface area contributed by atoms with Gasteiger partial charge < -0.3 is 20.4 Å². The van der Waals surface area contributed by atoms with Gasteiger partial charge in [0.05, 0.1) is 5.56 Å².